The molecule has 1 aromatic carbocycles. The molecule has 2 rings (SSSR count). The van der Waals surface area contributed by atoms with Gasteiger partial charge < -0.3 is 5.32 Å². The fourth-order valence-corrected chi connectivity index (χ4v) is 1.93. The van der Waals surface area contributed by atoms with Crippen molar-refractivity contribution in [2.75, 3.05) is 5.32 Å². The lowest BCUT2D eigenvalue weighted by molar-refractivity contribution is 0.616. The number of anilines is 2. The van der Waals surface area contributed by atoms with Gasteiger partial charge in [0.05, 0.1) is 10.7 Å². The molecule has 0 saturated carbocycles. The SMILES string of the molecule is Cc1cc(Br)c(F)cc1Nc1nc(Cl)ncc1F. The highest BCUT2D eigenvalue weighted by Crippen LogP contribution is 2.27. The largest absolute Gasteiger partial charge is 0.337 e. The summed E-state index contributed by atoms with van der Waals surface area (Å²) in [4.78, 5) is 7.19. The van der Waals surface area contributed by atoms with Crippen LogP contribution in [0.1, 0.15) is 5.56 Å². The number of benzene rings is 1. The lowest BCUT2D eigenvalue weighted by Gasteiger charge is -2.10. The minimum atomic E-state index is -0.665. The van der Waals surface area contributed by atoms with Crippen molar-refractivity contribution in [1.29, 1.82) is 0 Å². The van der Waals surface area contributed by atoms with Crippen LogP contribution >= 0.6 is 27.5 Å². The number of rotatable bonds is 2. The summed E-state index contributed by atoms with van der Waals surface area (Å²) in [5.74, 6) is -1.22. The minimum absolute atomic E-state index is 0.0888. The lowest BCUT2D eigenvalue weighted by Crippen LogP contribution is -2.01. The fourth-order valence-electron chi connectivity index (χ4n) is 1.34. The van der Waals surface area contributed by atoms with Gasteiger partial charge in [-0.2, -0.15) is 4.98 Å². The smallest absolute Gasteiger partial charge is 0.224 e. The van der Waals surface area contributed by atoms with E-state index in [0.717, 1.165) is 11.8 Å². The van der Waals surface area contributed by atoms with Crippen molar-refractivity contribution in [3.63, 3.8) is 0 Å². The predicted molar refractivity (Wildman–Crippen MR) is 69.1 cm³/mol. The molecule has 0 radical (unpaired) electrons. The molecule has 0 fully saturated rings. The van der Waals surface area contributed by atoms with Gasteiger partial charge in [-0.15, -0.1) is 0 Å². The number of aromatic nitrogens is 2. The maximum atomic E-state index is 13.4. The van der Waals surface area contributed by atoms with E-state index in [1.807, 2.05) is 0 Å². The molecular weight excluding hydrogens is 327 g/mol. The molecule has 0 aliphatic rings. The van der Waals surface area contributed by atoms with Crippen LogP contribution < -0.4 is 5.32 Å². The van der Waals surface area contributed by atoms with E-state index in [1.165, 1.54) is 6.07 Å². The van der Waals surface area contributed by atoms with Crippen LogP contribution in [-0.4, -0.2) is 9.97 Å². The fraction of sp³-hybridized carbons (Fsp3) is 0.0909. The Hall–Kier alpha value is -1.27. The molecule has 0 aliphatic heterocycles. The summed E-state index contributed by atoms with van der Waals surface area (Å²) in [6.45, 7) is 1.76. The van der Waals surface area contributed by atoms with E-state index >= 15 is 0 Å². The van der Waals surface area contributed by atoms with Crippen molar-refractivity contribution in [3.05, 3.63) is 45.3 Å². The predicted octanol–water partition coefficient (Wildman–Crippen LogP) is 4.22. The molecule has 3 nitrogen and oxygen atoms in total. The van der Waals surface area contributed by atoms with Crippen molar-refractivity contribution in [1.82, 2.24) is 9.97 Å². The number of nitrogens with zero attached hydrogens (tertiary/aromatic N) is 2. The summed E-state index contributed by atoms with van der Waals surface area (Å²) in [6, 6.07) is 2.83. The van der Waals surface area contributed by atoms with Gasteiger partial charge in [-0.3, -0.25) is 0 Å². The van der Waals surface area contributed by atoms with Gasteiger partial charge in [-0.05, 0) is 52.2 Å². The molecule has 0 aliphatic carbocycles. The zero-order valence-electron chi connectivity index (χ0n) is 9.14. The van der Waals surface area contributed by atoms with Gasteiger partial charge in [-0.25, -0.2) is 13.8 Å². The topological polar surface area (TPSA) is 37.8 Å². The Morgan fingerprint density at radius 3 is 2.72 bits per heavy atom. The van der Waals surface area contributed by atoms with Gasteiger partial charge in [0.25, 0.3) is 0 Å². The molecule has 2 aromatic rings. The van der Waals surface area contributed by atoms with Crippen LogP contribution in [0, 0.1) is 18.6 Å². The second-order valence-corrected chi connectivity index (χ2v) is 4.73. The average molecular weight is 335 g/mol. The Labute approximate surface area is 115 Å². The molecule has 94 valence electrons. The first-order valence-electron chi connectivity index (χ1n) is 4.88. The van der Waals surface area contributed by atoms with Crippen LogP contribution in [0.5, 0.6) is 0 Å². The van der Waals surface area contributed by atoms with E-state index in [9.17, 15) is 8.78 Å². The summed E-state index contributed by atoms with van der Waals surface area (Å²) in [5.41, 5.74) is 1.14. The Morgan fingerprint density at radius 1 is 1.28 bits per heavy atom. The summed E-state index contributed by atoms with van der Waals surface area (Å²) in [7, 11) is 0. The number of aryl methyl sites for hydroxylation is 1. The normalized spacial score (nSPS) is 10.5. The third-order valence-electron chi connectivity index (χ3n) is 2.24. The van der Waals surface area contributed by atoms with Crippen LogP contribution in [-0.2, 0) is 0 Å². The summed E-state index contributed by atoms with van der Waals surface area (Å²) in [5, 5.41) is 2.59. The zero-order chi connectivity index (χ0) is 13.3. The number of nitrogens with one attached hydrogen (secondary N) is 1. The molecule has 0 atom stereocenters. The van der Waals surface area contributed by atoms with E-state index in [-0.39, 0.29) is 11.1 Å². The molecule has 0 saturated heterocycles. The molecule has 0 spiro atoms. The molecule has 18 heavy (non-hydrogen) atoms. The van der Waals surface area contributed by atoms with Crippen molar-refractivity contribution in [3.8, 4) is 0 Å². The van der Waals surface area contributed by atoms with Gasteiger partial charge in [0.1, 0.15) is 5.82 Å². The molecule has 0 unspecified atom stereocenters. The number of hydrogen-bond donors (Lipinski definition) is 1. The van der Waals surface area contributed by atoms with E-state index in [4.69, 9.17) is 11.6 Å². The molecule has 1 heterocycles. The van der Waals surface area contributed by atoms with Gasteiger partial charge in [0, 0.05) is 5.69 Å². The molecule has 1 aromatic heterocycles. The van der Waals surface area contributed by atoms with Crippen LogP contribution in [0.15, 0.2) is 22.8 Å². The highest BCUT2D eigenvalue weighted by atomic mass is 79.9. The van der Waals surface area contributed by atoms with E-state index in [0.29, 0.717) is 10.2 Å². The van der Waals surface area contributed by atoms with Gasteiger partial charge in [0.15, 0.2) is 11.6 Å². The maximum Gasteiger partial charge on any atom is 0.224 e. The van der Waals surface area contributed by atoms with Gasteiger partial charge in [-0.1, -0.05) is 0 Å². The second kappa shape index (κ2) is 5.16. The Morgan fingerprint density at radius 2 is 2.00 bits per heavy atom. The van der Waals surface area contributed by atoms with E-state index in [1.54, 1.807) is 13.0 Å². The quantitative estimate of drug-likeness (QED) is 0.836. The molecule has 0 bridgehead atoms. The minimum Gasteiger partial charge on any atom is -0.337 e. The van der Waals surface area contributed by atoms with Crippen molar-refractivity contribution >= 4 is 39.0 Å². The monoisotopic (exact) mass is 333 g/mol. The van der Waals surface area contributed by atoms with Crippen LogP contribution in [0.2, 0.25) is 5.28 Å². The van der Waals surface area contributed by atoms with Crippen molar-refractivity contribution in [2.45, 2.75) is 6.92 Å². The second-order valence-electron chi connectivity index (χ2n) is 3.54. The highest BCUT2D eigenvalue weighted by Gasteiger charge is 2.10. The molecular formula is C11H7BrClF2N3. The summed E-state index contributed by atoms with van der Waals surface area (Å²) < 4.78 is 27.2. The number of halogens is 4. The third kappa shape index (κ3) is 2.76. The Bertz CT molecular complexity index is 607. The maximum absolute atomic E-state index is 13.4. The first kappa shape index (κ1) is 13.2. The first-order valence-corrected chi connectivity index (χ1v) is 6.05. The van der Waals surface area contributed by atoms with Crippen LogP contribution in [0.25, 0.3) is 0 Å². The highest BCUT2D eigenvalue weighted by molar-refractivity contribution is 9.10. The average Bonchev–Trinajstić information content (AvgIpc) is 2.30. The van der Waals surface area contributed by atoms with Crippen molar-refractivity contribution in [2.24, 2.45) is 0 Å². The lowest BCUT2D eigenvalue weighted by atomic mass is 10.2. The van der Waals surface area contributed by atoms with E-state index in [2.05, 4.69) is 31.2 Å². The zero-order valence-corrected chi connectivity index (χ0v) is 11.5. The van der Waals surface area contributed by atoms with Crippen molar-refractivity contribution < 1.29 is 8.78 Å². The summed E-state index contributed by atoms with van der Waals surface area (Å²) in [6.07, 6.45) is 0.947. The molecule has 1 N–H and O–H groups in total. The Balaban J connectivity index is 2.40. The third-order valence-corrected chi connectivity index (χ3v) is 3.02. The van der Waals surface area contributed by atoms with Gasteiger partial charge >= 0.3 is 0 Å². The van der Waals surface area contributed by atoms with Crippen LogP contribution in [0.4, 0.5) is 20.3 Å². The van der Waals surface area contributed by atoms with E-state index < -0.39 is 11.6 Å². The standard InChI is InChI=1S/C11H7BrClF2N3/c1-5-2-6(12)7(14)3-9(5)17-10-8(15)4-16-11(13)18-10/h2-4H,1H3,(H,16,17,18). The Kier molecular flexibility index (Phi) is 3.77. The van der Waals surface area contributed by atoms with Crippen LogP contribution in [0.3, 0.4) is 0 Å². The number of hydrogen-bond acceptors (Lipinski definition) is 3. The molecule has 7 heteroatoms. The molecule has 0 amide bonds. The first-order chi connectivity index (χ1) is 8.47. The summed E-state index contributed by atoms with van der Waals surface area (Å²) >= 11 is 8.64. The van der Waals surface area contributed by atoms with Gasteiger partial charge in [0.2, 0.25) is 5.28 Å².